The van der Waals surface area contributed by atoms with E-state index in [-0.39, 0.29) is 0 Å². The Kier molecular flexibility index (Phi) is 2.28. The number of benzene rings is 1. The van der Waals surface area contributed by atoms with Crippen LogP contribution in [0.3, 0.4) is 0 Å². The number of hydrogen-bond donors (Lipinski definition) is 3. The predicted octanol–water partition coefficient (Wildman–Crippen LogP) is -0.200. The number of aliphatic hydroxyl groups is 1. The highest BCUT2D eigenvalue weighted by Gasteiger charge is 2.36. The van der Waals surface area contributed by atoms with Gasteiger partial charge in [-0.05, 0) is 18.2 Å². The van der Waals surface area contributed by atoms with Gasteiger partial charge in [0, 0.05) is 16.8 Å². The molecule has 0 spiro atoms. The number of nitrogens with two attached hydrogens (primary N) is 1. The van der Waals surface area contributed by atoms with E-state index in [9.17, 15) is 14.7 Å². The molecule has 1 aromatic carbocycles. The van der Waals surface area contributed by atoms with Crippen LogP contribution in [0, 0.1) is 0 Å². The second-order valence-electron chi connectivity index (χ2n) is 3.55. The number of aliphatic hydroxyl groups excluding tert-OH is 1. The van der Waals surface area contributed by atoms with Gasteiger partial charge in [0.2, 0.25) is 0 Å². The van der Waals surface area contributed by atoms with Crippen molar-refractivity contribution in [3.05, 3.63) is 29.3 Å². The summed E-state index contributed by atoms with van der Waals surface area (Å²) in [5.41, 5.74) is 6.59. The number of rotatable bonds is 2. The minimum Gasteiger partial charge on any atom is -0.480 e. The molecule has 1 unspecified atom stereocenters. The molecular weight excluding hydrogens is 212 g/mol. The summed E-state index contributed by atoms with van der Waals surface area (Å²) in [7, 11) is 0. The Morgan fingerprint density at radius 2 is 2.19 bits per heavy atom. The van der Waals surface area contributed by atoms with Crippen LogP contribution in [-0.2, 0) is 4.79 Å². The Morgan fingerprint density at radius 1 is 1.50 bits per heavy atom. The molecule has 0 bridgehead atoms. The van der Waals surface area contributed by atoms with Crippen molar-refractivity contribution in [1.82, 2.24) is 4.90 Å². The molecule has 6 nitrogen and oxygen atoms in total. The van der Waals surface area contributed by atoms with Gasteiger partial charge in [0.25, 0.3) is 5.91 Å². The van der Waals surface area contributed by atoms with E-state index in [4.69, 9.17) is 10.8 Å². The molecule has 2 rings (SSSR count). The summed E-state index contributed by atoms with van der Waals surface area (Å²) < 4.78 is 0. The van der Waals surface area contributed by atoms with E-state index in [0.717, 1.165) is 4.90 Å². The van der Waals surface area contributed by atoms with Crippen LogP contribution >= 0.6 is 0 Å². The van der Waals surface area contributed by atoms with E-state index in [1.54, 1.807) is 0 Å². The Balaban J connectivity index is 2.40. The van der Waals surface area contributed by atoms with Crippen LogP contribution in [0.15, 0.2) is 18.2 Å². The van der Waals surface area contributed by atoms with Crippen molar-refractivity contribution in [2.24, 2.45) is 0 Å². The summed E-state index contributed by atoms with van der Waals surface area (Å²) in [6.07, 6.45) is -1.23. The molecule has 0 aliphatic carbocycles. The molecule has 6 heteroatoms. The average molecular weight is 222 g/mol. The molecular formula is C10H10N2O4. The van der Waals surface area contributed by atoms with Crippen LogP contribution < -0.4 is 5.73 Å². The zero-order valence-corrected chi connectivity index (χ0v) is 8.25. The number of fused-ring (bicyclic) bond motifs is 1. The Labute approximate surface area is 90.9 Å². The van der Waals surface area contributed by atoms with Crippen LogP contribution in [0.4, 0.5) is 5.69 Å². The third-order valence-electron chi connectivity index (χ3n) is 2.45. The van der Waals surface area contributed by atoms with Crippen LogP contribution in [0.2, 0.25) is 0 Å². The fourth-order valence-electron chi connectivity index (χ4n) is 1.73. The third kappa shape index (κ3) is 1.49. The van der Waals surface area contributed by atoms with E-state index < -0.39 is 24.6 Å². The Bertz CT molecular complexity index is 472. The molecule has 0 saturated carbocycles. The van der Waals surface area contributed by atoms with E-state index in [1.165, 1.54) is 18.2 Å². The molecule has 1 aromatic rings. The van der Waals surface area contributed by atoms with E-state index >= 15 is 0 Å². The first-order valence-electron chi connectivity index (χ1n) is 4.61. The van der Waals surface area contributed by atoms with Crippen LogP contribution in [0.25, 0.3) is 0 Å². The fourth-order valence-corrected chi connectivity index (χ4v) is 1.73. The van der Waals surface area contributed by atoms with Crippen molar-refractivity contribution in [1.29, 1.82) is 0 Å². The normalized spacial score (nSPS) is 18.7. The number of carboxylic acid groups (broad SMARTS) is 1. The van der Waals surface area contributed by atoms with Crippen molar-refractivity contribution in [3.8, 4) is 0 Å². The molecule has 16 heavy (non-hydrogen) atoms. The molecule has 0 fully saturated rings. The number of carbonyl (C=O) groups is 2. The summed E-state index contributed by atoms with van der Waals surface area (Å²) in [5.74, 6) is -1.67. The lowest BCUT2D eigenvalue weighted by Crippen LogP contribution is -2.33. The minimum absolute atomic E-state index is 0.294. The molecule has 1 aliphatic heterocycles. The molecule has 84 valence electrons. The smallest absolute Gasteiger partial charge is 0.323 e. The molecule has 1 amide bonds. The lowest BCUT2D eigenvalue weighted by molar-refractivity contribution is -0.139. The second-order valence-corrected chi connectivity index (χ2v) is 3.55. The highest BCUT2D eigenvalue weighted by atomic mass is 16.4. The molecule has 0 saturated heterocycles. The molecule has 0 radical (unpaired) electrons. The SMILES string of the molecule is Nc1ccc2c(c1)C(O)N(CC(=O)O)C2=O. The van der Waals surface area contributed by atoms with Crippen molar-refractivity contribution in [2.45, 2.75) is 6.23 Å². The zero-order chi connectivity index (χ0) is 11.9. The van der Waals surface area contributed by atoms with Gasteiger partial charge in [0.05, 0.1) is 0 Å². The molecule has 1 atom stereocenters. The summed E-state index contributed by atoms with van der Waals surface area (Å²) in [6, 6.07) is 4.49. The van der Waals surface area contributed by atoms with Crippen LogP contribution in [-0.4, -0.2) is 33.5 Å². The van der Waals surface area contributed by atoms with E-state index in [1.807, 2.05) is 0 Å². The van der Waals surface area contributed by atoms with Gasteiger partial charge in [-0.1, -0.05) is 0 Å². The summed E-state index contributed by atoms with van der Waals surface area (Å²) in [6.45, 7) is -0.533. The maximum Gasteiger partial charge on any atom is 0.323 e. The highest BCUT2D eigenvalue weighted by Crippen LogP contribution is 2.32. The Hall–Kier alpha value is -2.08. The predicted molar refractivity (Wildman–Crippen MR) is 54.5 cm³/mol. The molecule has 0 aromatic heterocycles. The molecule has 1 aliphatic rings. The van der Waals surface area contributed by atoms with E-state index in [0.29, 0.717) is 16.8 Å². The first-order chi connectivity index (χ1) is 7.50. The summed E-state index contributed by atoms with van der Waals surface area (Å²) in [4.78, 5) is 23.1. The summed E-state index contributed by atoms with van der Waals surface area (Å²) in [5, 5.41) is 18.4. The van der Waals surface area contributed by atoms with Gasteiger partial charge >= 0.3 is 5.97 Å². The Morgan fingerprint density at radius 3 is 2.81 bits per heavy atom. The maximum atomic E-state index is 11.7. The molecule has 1 heterocycles. The summed E-state index contributed by atoms with van der Waals surface area (Å²) >= 11 is 0. The number of amides is 1. The number of nitrogen functional groups attached to an aromatic ring is 1. The largest absolute Gasteiger partial charge is 0.480 e. The van der Waals surface area contributed by atoms with Crippen LogP contribution in [0.5, 0.6) is 0 Å². The van der Waals surface area contributed by atoms with E-state index in [2.05, 4.69) is 0 Å². The number of anilines is 1. The zero-order valence-electron chi connectivity index (χ0n) is 8.25. The maximum absolute atomic E-state index is 11.7. The number of carboxylic acids is 1. The quantitative estimate of drug-likeness (QED) is 0.601. The topological polar surface area (TPSA) is 104 Å². The van der Waals surface area contributed by atoms with Gasteiger partial charge in [0.15, 0.2) is 6.23 Å². The number of aliphatic carboxylic acids is 1. The first-order valence-corrected chi connectivity index (χ1v) is 4.61. The van der Waals surface area contributed by atoms with Crippen molar-refractivity contribution in [2.75, 3.05) is 12.3 Å². The van der Waals surface area contributed by atoms with Crippen molar-refractivity contribution in [3.63, 3.8) is 0 Å². The lowest BCUT2D eigenvalue weighted by atomic mass is 10.1. The third-order valence-corrected chi connectivity index (χ3v) is 2.45. The number of carbonyl (C=O) groups excluding carboxylic acids is 1. The first kappa shape index (κ1) is 10.4. The standard InChI is InChI=1S/C10H10N2O4/c11-5-1-2-6-7(3-5)10(16)12(9(6)15)4-8(13)14/h1-3,10,16H,4,11H2,(H,13,14). The van der Waals surface area contributed by atoms with Gasteiger partial charge in [-0.2, -0.15) is 0 Å². The van der Waals surface area contributed by atoms with Crippen LogP contribution in [0.1, 0.15) is 22.1 Å². The average Bonchev–Trinajstić information content (AvgIpc) is 2.43. The molecule has 4 N–H and O–H groups in total. The van der Waals surface area contributed by atoms with Gasteiger partial charge < -0.3 is 15.9 Å². The second kappa shape index (κ2) is 3.49. The van der Waals surface area contributed by atoms with Crippen molar-refractivity contribution < 1.29 is 19.8 Å². The highest BCUT2D eigenvalue weighted by molar-refractivity contribution is 6.00. The fraction of sp³-hybridized carbons (Fsp3) is 0.200. The van der Waals surface area contributed by atoms with Crippen molar-refractivity contribution >= 4 is 17.6 Å². The van der Waals surface area contributed by atoms with Gasteiger partial charge in [-0.15, -0.1) is 0 Å². The minimum atomic E-state index is -1.23. The number of nitrogens with zero attached hydrogens (tertiary/aromatic N) is 1. The monoisotopic (exact) mass is 222 g/mol. The van der Waals surface area contributed by atoms with Gasteiger partial charge in [0.1, 0.15) is 6.54 Å². The lowest BCUT2D eigenvalue weighted by Gasteiger charge is -2.17. The van der Waals surface area contributed by atoms with Gasteiger partial charge in [-0.3, -0.25) is 14.5 Å². The van der Waals surface area contributed by atoms with Gasteiger partial charge in [-0.25, -0.2) is 0 Å². The number of hydrogen-bond acceptors (Lipinski definition) is 4.